The SMILES string of the molecule is Cc1cccc(CN(Cc2ccccc2)Cc2cccc(CN(CCNCCCO)Cc3ccccc3)n2)c1. The van der Waals surface area contributed by atoms with E-state index in [9.17, 15) is 0 Å². The van der Waals surface area contributed by atoms with Crippen molar-refractivity contribution in [2.24, 2.45) is 0 Å². The first-order valence-corrected chi connectivity index (χ1v) is 14.0. The van der Waals surface area contributed by atoms with Crippen LogP contribution in [0.1, 0.15) is 40.1 Å². The average Bonchev–Trinajstić information content (AvgIpc) is 2.94. The minimum absolute atomic E-state index is 0.225. The number of benzene rings is 3. The third-order valence-electron chi connectivity index (χ3n) is 6.74. The standard InChI is InChI=1S/C34H42N4O/c1-29-11-8-16-32(23-29)26-38(25-31-14-6-3-7-15-31)28-34-18-9-17-33(36-34)27-37(21-20-35-19-10-22-39)24-30-12-4-2-5-13-30/h2-9,11-18,23,35,39H,10,19-22,24-28H2,1H3. The maximum Gasteiger partial charge on any atom is 0.0548 e. The molecule has 0 unspecified atom stereocenters. The van der Waals surface area contributed by atoms with Crippen LogP contribution in [0, 0.1) is 6.92 Å². The van der Waals surface area contributed by atoms with Crippen molar-refractivity contribution in [3.05, 3.63) is 137 Å². The molecule has 4 aromatic rings. The van der Waals surface area contributed by atoms with E-state index in [-0.39, 0.29) is 6.61 Å². The predicted octanol–water partition coefficient (Wildman–Crippen LogP) is 5.57. The van der Waals surface area contributed by atoms with Crippen molar-refractivity contribution in [3.63, 3.8) is 0 Å². The lowest BCUT2D eigenvalue weighted by Crippen LogP contribution is -2.32. The lowest BCUT2D eigenvalue weighted by atomic mass is 10.1. The summed E-state index contributed by atoms with van der Waals surface area (Å²) in [6.07, 6.45) is 0.782. The highest BCUT2D eigenvalue weighted by Crippen LogP contribution is 2.16. The van der Waals surface area contributed by atoms with E-state index in [4.69, 9.17) is 10.1 Å². The predicted molar refractivity (Wildman–Crippen MR) is 160 cm³/mol. The number of aromatic nitrogens is 1. The maximum atomic E-state index is 9.07. The zero-order valence-corrected chi connectivity index (χ0v) is 23.2. The normalized spacial score (nSPS) is 11.4. The topological polar surface area (TPSA) is 51.6 Å². The van der Waals surface area contributed by atoms with E-state index in [0.717, 1.165) is 70.2 Å². The van der Waals surface area contributed by atoms with Gasteiger partial charge < -0.3 is 10.4 Å². The van der Waals surface area contributed by atoms with Gasteiger partial charge in [-0.3, -0.25) is 14.8 Å². The van der Waals surface area contributed by atoms with Crippen molar-refractivity contribution in [2.75, 3.05) is 26.2 Å². The number of aliphatic hydroxyl groups excluding tert-OH is 1. The van der Waals surface area contributed by atoms with E-state index < -0.39 is 0 Å². The van der Waals surface area contributed by atoms with Gasteiger partial charge in [-0.2, -0.15) is 0 Å². The number of aryl methyl sites for hydroxylation is 1. The lowest BCUT2D eigenvalue weighted by Gasteiger charge is -2.24. The van der Waals surface area contributed by atoms with Gasteiger partial charge in [0, 0.05) is 52.4 Å². The molecule has 0 aliphatic carbocycles. The number of nitrogens with one attached hydrogen (secondary N) is 1. The Labute approximate surface area is 234 Å². The van der Waals surface area contributed by atoms with Crippen LogP contribution in [-0.2, 0) is 32.7 Å². The Balaban J connectivity index is 1.45. The van der Waals surface area contributed by atoms with Gasteiger partial charge in [0.05, 0.1) is 11.4 Å². The number of pyridine rings is 1. The molecule has 4 rings (SSSR count). The summed E-state index contributed by atoms with van der Waals surface area (Å²) in [4.78, 5) is 10.0. The Hall–Kier alpha value is -3.35. The Kier molecular flexibility index (Phi) is 11.7. The van der Waals surface area contributed by atoms with Gasteiger partial charge in [0.15, 0.2) is 0 Å². The Morgan fingerprint density at radius 1 is 0.615 bits per heavy atom. The van der Waals surface area contributed by atoms with Gasteiger partial charge in [-0.1, -0.05) is 96.6 Å². The van der Waals surface area contributed by atoms with Gasteiger partial charge in [0.1, 0.15) is 0 Å². The molecule has 0 spiro atoms. The van der Waals surface area contributed by atoms with E-state index in [2.05, 4.69) is 125 Å². The summed E-state index contributed by atoms with van der Waals surface area (Å²) >= 11 is 0. The van der Waals surface area contributed by atoms with Crippen molar-refractivity contribution < 1.29 is 5.11 Å². The van der Waals surface area contributed by atoms with Gasteiger partial charge in [0.2, 0.25) is 0 Å². The summed E-state index contributed by atoms with van der Waals surface area (Å²) in [6, 6.07) is 36.5. The van der Waals surface area contributed by atoms with Crippen LogP contribution < -0.4 is 5.32 Å². The molecular formula is C34H42N4O. The fourth-order valence-corrected chi connectivity index (χ4v) is 4.86. The van der Waals surface area contributed by atoms with E-state index in [1.807, 2.05) is 0 Å². The molecule has 0 radical (unpaired) electrons. The number of hydrogen-bond acceptors (Lipinski definition) is 5. The first-order valence-electron chi connectivity index (χ1n) is 14.0. The van der Waals surface area contributed by atoms with Crippen LogP contribution >= 0.6 is 0 Å². The molecule has 0 atom stereocenters. The first kappa shape index (κ1) is 28.7. The third kappa shape index (κ3) is 10.4. The van der Waals surface area contributed by atoms with Gasteiger partial charge in [-0.05, 0) is 48.7 Å². The minimum Gasteiger partial charge on any atom is -0.396 e. The van der Waals surface area contributed by atoms with Crippen LogP contribution in [0.2, 0.25) is 0 Å². The van der Waals surface area contributed by atoms with E-state index in [1.54, 1.807) is 0 Å². The number of aliphatic hydroxyl groups is 1. The molecule has 5 heteroatoms. The Morgan fingerprint density at radius 2 is 1.18 bits per heavy atom. The number of nitrogens with zero attached hydrogens (tertiary/aromatic N) is 3. The largest absolute Gasteiger partial charge is 0.396 e. The summed E-state index contributed by atoms with van der Waals surface area (Å²) in [5.74, 6) is 0. The van der Waals surface area contributed by atoms with Crippen LogP contribution in [0.3, 0.4) is 0 Å². The van der Waals surface area contributed by atoms with Crippen molar-refractivity contribution in [1.82, 2.24) is 20.1 Å². The fraction of sp³-hybridized carbons (Fsp3) is 0.324. The van der Waals surface area contributed by atoms with Crippen LogP contribution in [-0.4, -0.2) is 46.1 Å². The maximum absolute atomic E-state index is 9.07. The van der Waals surface area contributed by atoms with E-state index in [0.29, 0.717) is 0 Å². The fourth-order valence-electron chi connectivity index (χ4n) is 4.86. The molecule has 0 aliphatic rings. The molecule has 3 aromatic carbocycles. The van der Waals surface area contributed by atoms with Crippen LogP contribution in [0.5, 0.6) is 0 Å². The lowest BCUT2D eigenvalue weighted by molar-refractivity contribution is 0.240. The summed E-state index contributed by atoms with van der Waals surface area (Å²) in [5, 5.41) is 12.5. The summed E-state index contributed by atoms with van der Waals surface area (Å²) in [6.45, 7) is 9.22. The van der Waals surface area contributed by atoms with Gasteiger partial charge in [-0.15, -0.1) is 0 Å². The molecule has 0 saturated carbocycles. The second kappa shape index (κ2) is 15.9. The average molecular weight is 523 g/mol. The Morgan fingerprint density at radius 3 is 1.82 bits per heavy atom. The molecule has 0 amide bonds. The molecule has 204 valence electrons. The van der Waals surface area contributed by atoms with Crippen molar-refractivity contribution in [3.8, 4) is 0 Å². The third-order valence-corrected chi connectivity index (χ3v) is 6.74. The van der Waals surface area contributed by atoms with E-state index in [1.165, 1.54) is 22.3 Å². The molecule has 0 saturated heterocycles. The van der Waals surface area contributed by atoms with Gasteiger partial charge in [0.25, 0.3) is 0 Å². The van der Waals surface area contributed by atoms with Crippen molar-refractivity contribution in [1.29, 1.82) is 0 Å². The Bertz CT molecular complexity index is 1230. The highest BCUT2D eigenvalue weighted by molar-refractivity contribution is 5.23. The van der Waals surface area contributed by atoms with Crippen LogP contribution in [0.25, 0.3) is 0 Å². The number of rotatable bonds is 16. The highest BCUT2D eigenvalue weighted by atomic mass is 16.3. The molecule has 5 nitrogen and oxygen atoms in total. The molecule has 0 aliphatic heterocycles. The molecule has 0 fully saturated rings. The molecular weight excluding hydrogens is 480 g/mol. The van der Waals surface area contributed by atoms with Crippen LogP contribution in [0.15, 0.2) is 103 Å². The zero-order chi connectivity index (χ0) is 27.1. The smallest absolute Gasteiger partial charge is 0.0548 e. The quantitative estimate of drug-likeness (QED) is 0.189. The monoisotopic (exact) mass is 522 g/mol. The van der Waals surface area contributed by atoms with Crippen LogP contribution in [0.4, 0.5) is 0 Å². The zero-order valence-electron chi connectivity index (χ0n) is 23.2. The first-order chi connectivity index (χ1) is 19.2. The number of hydrogen-bond donors (Lipinski definition) is 2. The molecule has 39 heavy (non-hydrogen) atoms. The van der Waals surface area contributed by atoms with Gasteiger partial charge in [-0.25, -0.2) is 0 Å². The van der Waals surface area contributed by atoms with E-state index >= 15 is 0 Å². The molecule has 0 bridgehead atoms. The minimum atomic E-state index is 0.225. The molecule has 1 heterocycles. The highest BCUT2D eigenvalue weighted by Gasteiger charge is 2.12. The summed E-state index contributed by atoms with van der Waals surface area (Å²) in [5.41, 5.74) is 7.41. The van der Waals surface area contributed by atoms with Crippen molar-refractivity contribution >= 4 is 0 Å². The summed E-state index contributed by atoms with van der Waals surface area (Å²) < 4.78 is 0. The second-order valence-corrected chi connectivity index (χ2v) is 10.3. The van der Waals surface area contributed by atoms with Crippen molar-refractivity contribution in [2.45, 2.75) is 46.1 Å². The molecule has 1 aromatic heterocycles. The summed E-state index contributed by atoms with van der Waals surface area (Å²) in [7, 11) is 0. The molecule has 2 N–H and O–H groups in total. The second-order valence-electron chi connectivity index (χ2n) is 10.3. The van der Waals surface area contributed by atoms with Gasteiger partial charge >= 0.3 is 0 Å².